The van der Waals surface area contributed by atoms with Gasteiger partial charge in [-0.15, -0.1) is 0 Å². The first-order chi connectivity index (χ1) is 7.55. The minimum absolute atomic E-state index is 0.186. The van der Waals surface area contributed by atoms with E-state index in [2.05, 4.69) is 5.32 Å². The maximum Gasteiger partial charge on any atom is 0.311 e. The number of carboxylic acids is 1. The molecule has 0 atom stereocenters. The fourth-order valence-electron chi connectivity index (χ4n) is 1.58. The highest BCUT2D eigenvalue weighted by Crippen LogP contribution is 2.45. The number of furan rings is 1. The lowest BCUT2D eigenvalue weighted by molar-refractivity contribution is -0.143. The highest BCUT2D eigenvalue weighted by atomic mass is 16.4. The van der Waals surface area contributed by atoms with Gasteiger partial charge >= 0.3 is 5.97 Å². The number of hydrogen-bond acceptors (Lipinski definition) is 3. The van der Waals surface area contributed by atoms with Crippen LogP contribution >= 0.6 is 0 Å². The molecule has 0 spiro atoms. The van der Waals surface area contributed by atoms with Crippen LogP contribution in [0.4, 0.5) is 0 Å². The molecule has 1 aliphatic rings. The van der Waals surface area contributed by atoms with Crippen molar-refractivity contribution in [2.75, 3.05) is 6.54 Å². The Kier molecular flexibility index (Phi) is 2.46. The number of rotatable bonds is 4. The lowest BCUT2D eigenvalue weighted by Crippen LogP contribution is -2.34. The third-order valence-electron chi connectivity index (χ3n) is 3.00. The number of nitrogens with one attached hydrogen (secondary N) is 1. The second-order valence-electron chi connectivity index (χ2n) is 4.16. The maximum atomic E-state index is 11.7. The van der Waals surface area contributed by atoms with Crippen molar-refractivity contribution in [1.29, 1.82) is 0 Å². The van der Waals surface area contributed by atoms with Crippen molar-refractivity contribution in [2.45, 2.75) is 19.8 Å². The van der Waals surface area contributed by atoms with Crippen LogP contribution < -0.4 is 5.32 Å². The molecule has 0 aromatic carbocycles. The van der Waals surface area contributed by atoms with E-state index >= 15 is 0 Å². The average molecular weight is 223 g/mol. The summed E-state index contributed by atoms with van der Waals surface area (Å²) in [4.78, 5) is 22.5. The standard InChI is InChI=1S/C11H13NO4/c1-7-8(2-5-16-7)9(13)12-6-11(3-4-11)10(14)15/h2,5H,3-4,6H2,1H3,(H,12,13)(H,14,15). The first-order valence-corrected chi connectivity index (χ1v) is 5.11. The van der Waals surface area contributed by atoms with E-state index in [-0.39, 0.29) is 12.5 Å². The van der Waals surface area contributed by atoms with Crippen molar-refractivity contribution >= 4 is 11.9 Å². The van der Waals surface area contributed by atoms with Gasteiger partial charge in [0, 0.05) is 6.54 Å². The van der Waals surface area contributed by atoms with Crippen LogP contribution in [-0.2, 0) is 4.79 Å². The van der Waals surface area contributed by atoms with E-state index < -0.39 is 11.4 Å². The van der Waals surface area contributed by atoms with Gasteiger partial charge in [0.05, 0.1) is 17.2 Å². The molecule has 1 aliphatic carbocycles. The number of carboxylic acid groups (broad SMARTS) is 1. The third-order valence-corrected chi connectivity index (χ3v) is 3.00. The molecule has 0 aliphatic heterocycles. The number of aliphatic carboxylic acids is 1. The Balaban J connectivity index is 1.95. The molecule has 1 saturated carbocycles. The monoisotopic (exact) mass is 223 g/mol. The van der Waals surface area contributed by atoms with E-state index in [1.807, 2.05) is 0 Å². The lowest BCUT2D eigenvalue weighted by atomic mass is 10.1. The van der Waals surface area contributed by atoms with Crippen LogP contribution in [0.1, 0.15) is 29.0 Å². The first kappa shape index (κ1) is 10.7. The molecule has 1 fully saturated rings. The van der Waals surface area contributed by atoms with Gasteiger partial charge in [0.15, 0.2) is 0 Å². The highest BCUT2D eigenvalue weighted by molar-refractivity contribution is 5.95. The van der Waals surface area contributed by atoms with Gasteiger partial charge in [-0.05, 0) is 25.8 Å². The molecule has 2 N–H and O–H groups in total. The number of hydrogen-bond donors (Lipinski definition) is 2. The lowest BCUT2D eigenvalue weighted by Gasteiger charge is -2.10. The Morgan fingerprint density at radius 2 is 2.25 bits per heavy atom. The van der Waals surface area contributed by atoms with E-state index in [0.29, 0.717) is 24.2 Å². The Bertz CT molecular complexity index is 431. The molecule has 0 saturated heterocycles. The summed E-state index contributed by atoms with van der Waals surface area (Å²) in [6.45, 7) is 1.88. The highest BCUT2D eigenvalue weighted by Gasteiger charge is 2.50. The summed E-state index contributed by atoms with van der Waals surface area (Å²) >= 11 is 0. The minimum atomic E-state index is -0.836. The van der Waals surface area contributed by atoms with Crippen molar-refractivity contribution < 1.29 is 19.1 Å². The van der Waals surface area contributed by atoms with Gasteiger partial charge < -0.3 is 14.8 Å². The molecule has 1 aromatic rings. The van der Waals surface area contributed by atoms with Crippen molar-refractivity contribution in [3.8, 4) is 0 Å². The molecule has 1 aromatic heterocycles. The zero-order valence-corrected chi connectivity index (χ0v) is 8.95. The van der Waals surface area contributed by atoms with Gasteiger partial charge in [0.2, 0.25) is 0 Å². The molecule has 86 valence electrons. The topological polar surface area (TPSA) is 79.5 Å². The normalized spacial score (nSPS) is 16.8. The maximum absolute atomic E-state index is 11.7. The summed E-state index contributed by atoms with van der Waals surface area (Å²) in [5.41, 5.74) is -0.269. The zero-order chi connectivity index (χ0) is 11.8. The molecule has 0 radical (unpaired) electrons. The molecular formula is C11H13NO4. The molecule has 0 unspecified atom stereocenters. The summed E-state index contributed by atoms with van der Waals surface area (Å²) in [5, 5.41) is 11.6. The van der Waals surface area contributed by atoms with Crippen molar-refractivity contribution in [1.82, 2.24) is 5.32 Å². The van der Waals surface area contributed by atoms with Crippen molar-refractivity contribution in [2.24, 2.45) is 5.41 Å². The number of amides is 1. The van der Waals surface area contributed by atoms with E-state index in [1.165, 1.54) is 6.26 Å². The van der Waals surface area contributed by atoms with Crippen LogP contribution in [0.5, 0.6) is 0 Å². The Morgan fingerprint density at radius 3 is 2.69 bits per heavy atom. The van der Waals surface area contributed by atoms with Gasteiger partial charge in [-0.2, -0.15) is 0 Å². The third kappa shape index (κ3) is 1.80. The second kappa shape index (κ2) is 3.66. The fraction of sp³-hybridized carbons (Fsp3) is 0.455. The van der Waals surface area contributed by atoms with E-state index in [1.54, 1.807) is 13.0 Å². The number of carbonyl (C=O) groups excluding carboxylic acids is 1. The van der Waals surface area contributed by atoms with Crippen LogP contribution in [0.3, 0.4) is 0 Å². The predicted octanol–water partition coefficient (Wildman–Crippen LogP) is 1.18. The molecular weight excluding hydrogens is 210 g/mol. The summed E-state index contributed by atoms with van der Waals surface area (Å²) in [5.74, 6) is -0.576. The van der Waals surface area contributed by atoms with Gasteiger partial charge in [-0.25, -0.2) is 0 Å². The summed E-state index contributed by atoms with van der Waals surface area (Å²) in [7, 11) is 0. The van der Waals surface area contributed by atoms with Gasteiger partial charge in [-0.3, -0.25) is 9.59 Å². The largest absolute Gasteiger partial charge is 0.481 e. The van der Waals surface area contributed by atoms with Crippen LogP contribution in [-0.4, -0.2) is 23.5 Å². The van der Waals surface area contributed by atoms with E-state index in [4.69, 9.17) is 9.52 Å². The fourth-order valence-corrected chi connectivity index (χ4v) is 1.58. The van der Waals surface area contributed by atoms with Crippen LogP contribution in [0, 0.1) is 12.3 Å². The average Bonchev–Trinajstić information content (AvgIpc) is 2.92. The zero-order valence-electron chi connectivity index (χ0n) is 8.95. The molecule has 2 rings (SSSR count). The van der Waals surface area contributed by atoms with Crippen LogP contribution in [0.2, 0.25) is 0 Å². The van der Waals surface area contributed by atoms with Gasteiger partial charge in [-0.1, -0.05) is 0 Å². The molecule has 1 heterocycles. The SMILES string of the molecule is Cc1occc1C(=O)NCC1(C(=O)O)CC1. The number of carbonyl (C=O) groups is 2. The molecule has 5 nitrogen and oxygen atoms in total. The Morgan fingerprint density at radius 1 is 1.56 bits per heavy atom. The summed E-state index contributed by atoms with van der Waals surface area (Å²) in [6, 6.07) is 1.57. The van der Waals surface area contributed by atoms with Crippen molar-refractivity contribution in [3.05, 3.63) is 23.7 Å². The molecule has 1 amide bonds. The van der Waals surface area contributed by atoms with Gasteiger partial charge in [0.25, 0.3) is 5.91 Å². The summed E-state index contributed by atoms with van der Waals surface area (Å²) < 4.78 is 5.00. The predicted molar refractivity (Wildman–Crippen MR) is 55.1 cm³/mol. The van der Waals surface area contributed by atoms with Crippen LogP contribution in [0.15, 0.2) is 16.7 Å². The minimum Gasteiger partial charge on any atom is -0.481 e. The molecule has 5 heteroatoms. The Hall–Kier alpha value is -1.78. The smallest absolute Gasteiger partial charge is 0.311 e. The molecule has 16 heavy (non-hydrogen) atoms. The first-order valence-electron chi connectivity index (χ1n) is 5.11. The quantitative estimate of drug-likeness (QED) is 0.803. The van der Waals surface area contributed by atoms with Gasteiger partial charge in [0.1, 0.15) is 5.76 Å². The van der Waals surface area contributed by atoms with E-state index in [9.17, 15) is 9.59 Å². The second-order valence-corrected chi connectivity index (χ2v) is 4.16. The van der Waals surface area contributed by atoms with Crippen molar-refractivity contribution in [3.63, 3.8) is 0 Å². The number of aryl methyl sites for hydroxylation is 1. The summed E-state index contributed by atoms with van der Waals surface area (Å²) in [6.07, 6.45) is 2.70. The molecule has 0 bridgehead atoms. The van der Waals surface area contributed by atoms with Crippen LogP contribution in [0.25, 0.3) is 0 Å². The van der Waals surface area contributed by atoms with E-state index in [0.717, 1.165) is 0 Å². The Labute approximate surface area is 92.4 Å².